The Bertz CT molecular complexity index is 323. The molecule has 0 aliphatic heterocycles. The number of carbonyl (C=O) groups excluding carboxylic acids is 1. The van der Waals surface area contributed by atoms with E-state index in [4.69, 9.17) is 4.74 Å². The first-order chi connectivity index (χ1) is 12.2. The molecule has 0 aromatic heterocycles. The number of ether oxygens (including phenoxy) is 1. The summed E-state index contributed by atoms with van der Waals surface area (Å²) in [4.78, 5) is 13.7. The van der Waals surface area contributed by atoms with Crippen LogP contribution in [0.5, 0.6) is 0 Å². The van der Waals surface area contributed by atoms with E-state index in [-0.39, 0.29) is 5.97 Å². The Labute approximate surface area is 164 Å². The average Bonchev–Trinajstić information content (AvgIpc) is 2.58. The van der Waals surface area contributed by atoms with Gasteiger partial charge in [-0.05, 0) is 59.2 Å². The Morgan fingerprint density at radius 2 is 1.68 bits per heavy atom. The van der Waals surface area contributed by atoms with Gasteiger partial charge in [0.15, 0.2) is 0 Å². The highest BCUT2D eigenvalue weighted by Gasteiger charge is 2.02. The fraction of sp³-hybridized carbons (Fsp3) is 0.850. The Kier molecular flexibility index (Phi) is 20.1. The molecular weight excluding hydrogens is 350 g/mol. The van der Waals surface area contributed by atoms with Gasteiger partial charge in [0.1, 0.15) is 0 Å². The van der Waals surface area contributed by atoms with Gasteiger partial charge in [-0.3, -0.25) is 4.79 Å². The lowest BCUT2D eigenvalue weighted by Gasteiger charge is -2.09. The van der Waals surface area contributed by atoms with Crippen molar-refractivity contribution in [1.82, 2.24) is 4.90 Å². The van der Waals surface area contributed by atoms with E-state index < -0.39 is 0 Å². The standard InChI is InChI=1S/C20H39NO2S2/c1-4-5-6-7-8-9-10-13-18-24-25-19-14-15-20(22)23-17-12-11-16-21(2)3/h9-10H,4-8,11-19H2,1-3H3/b10-9-. The van der Waals surface area contributed by atoms with E-state index in [1.165, 1.54) is 32.1 Å². The van der Waals surface area contributed by atoms with Gasteiger partial charge in [0.25, 0.3) is 0 Å². The fourth-order valence-electron chi connectivity index (χ4n) is 2.22. The van der Waals surface area contributed by atoms with Gasteiger partial charge >= 0.3 is 5.97 Å². The Morgan fingerprint density at radius 1 is 0.920 bits per heavy atom. The molecule has 0 aliphatic carbocycles. The Balaban J connectivity index is 3.21. The first-order valence-corrected chi connectivity index (χ1v) is 12.4. The quantitative estimate of drug-likeness (QED) is 0.125. The molecule has 0 radical (unpaired) electrons. The summed E-state index contributed by atoms with van der Waals surface area (Å²) in [5, 5.41) is 0. The van der Waals surface area contributed by atoms with Gasteiger partial charge in [-0.1, -0.05) is 59.9 Å². The maximum atomic E-state index is 11.6. The maximum Gasteiger partial charge on any atom is 0.305 e. The molecule has 148 valence electrons. The molecule has 0 heterocycles. The summed E-state index contributed by atoms with van der Waals surface area (Å²) >= 11 is 0. The second-order valence-corrected chi connectivity index (χ2v) is 9.29. The van der Waals surface area contributed by atoms with Gasteiger partial charge in [0, 0.05) is 17.9 Å². The van der Waals surface area contributed by atoms with Crippen LogP contribution >= 0.6 is 21.6 Å². The molecule has 0 fully saturated rings. The number of hydrogen-bond donors (Lipinski definition) is 0. The van der Waals surface area contributed by atoms with E-state index in [9.17, 15) is 4.79 Å². The largest absolute Gasteiger partial charge is 0.466 e. The van der Waals surface area contributed by atoms with Crippen molar-refractivity contribution in [2.75, 3.05) is 38.8 Å². The lowest BCUT2D eigenvalue weighted by atomic mass is 10.1. The van der Waals surface area contributed by atoms with E-state index in [1.54, 1.807) is 0 Å². The fourth-order valence-corrected chi connectivity index (χ4v) is 4.30. The topological polar surface area (TPSA) is 29.5 Å². The SMILES string of the molecule is CCCCCC/C=C\CCSSCCCC(=O)OCCCCN(C)C. The van der Waals surface area contributed by atoms with Gasteiger partial charge in [-0.15, -0.1) is 0 Å². The highest BCUT2D eigenvalue weighted by molar-refractivity contribution is 8.76. The van der Waals surface area contributed by atoms with E-state index in [1.807, 2.05) is 21.6 Å². The second-order valence-electron chi connectivity index (χ2n) is 6.59. The van der Waals surface area contributed by atoms with Crippen molar-refractivity contribution < 1.29 is 9.53 Å². The number of nitrogens with zero attached hydrogens (tertiary/aromatic N) is 1. The normalized spacial score (nSPS) is 11.5. The summed E-state index contributed by atoms with van der Waals surface area (Å²) in [6, 6.07) is 0. The van der Waals surface area contributed by atoms with Gasteiger partial charge in [0.05, 0.1) is 6.61 Å². The molecule has 0 N–H and O–H groups in total. The van der Waals surface area contributed by atoms with E-state index in [0.717, 1.165) is 43.7 Å². The van der Waals surface area contributed by atoms with Gasteiger partial charge in [-0.25, -0.2) is 0 Å². The Morgan fingerprint density at radius 3 is 2.44 bits per heavy atom. The summed E-state index contributed by atoms with van der Waals surface area (Å²) in [7, 11) is 7.91. The summed E-state index contributed by atoms with van der Waals surface area (Å²) in [6.07, 6.45) is 15.9. The van der Waals surface area contributed by atoms with E-state index >= 15 is 0 Å². The number of esters is 1. The molecule has 0 spiro atoms. The number of carbonyl (C=O) groups is 1. The van der Waals surface area contributed by atoms with E-state index in [0.29, 0.717) is 13.0 Å². The first kappa shape index (κ1) is 24.9. The van der Waals surface area contributed by atoms with Gasteiger partial charge in [-0.2, -0.15) is 0 Å². The van der Waals surface area contributed by atoms with Gasteiger partial charge < -0.3 is 9.64 Å². The van der Waals surface area contributed by atoms with Crippen LogP contribution in [0.4, 0.5) is 0 Å². The molecular formula is C20H39NO2S2. The number of allylic oxidation sites excluding steroid dienone is 2. The average molecular weight is 390 g/mol. The molecule has 0 aromatic carbocycles. The number of unbranched alkanes of at least 4 members (excludes halogenated alkanes) is 5. The van der Waals surface area contributed by atoms with Crippen LogP contribution < -0.4 is 0 Å². The van der Waals surface area contributed by atoms with Crippen LogP contribution in [0.25, 0.3) is 0 Å². The van der Waals surface area contributed by atoms with Crippen molar-refractivity contribution in [3.63, 3.8) is 0 Å². The minimum absolute atomic E-state index is 0.0403. The zero-order chi connectivity index (χ0) is 18.6. The third kappa shape index (κ3) is 21.8. The van der Waals surface area contributed by atoms with Crippen molar-refractivity contribution in [3.05, 3.63) is 12.2 Å². The maximum absolute atomic E-state index is 11.6. The summed E-state index contributed by atoms with van der Waals surface area (Å²) in [6.45, 7) is 3.88. The van der Waals surface area contributed by atoms with Crippen LogP contribution in [0.1, 0.15) is 71.1 Å². The minimum Gasteiger partial charge on any atom is -0.466 e. The summed E-state index contributed by atoms with van der Waals surface area (Å²) in [5.74, 6) is 2.15. The predicted octanol–water partition coefficient (Wildman–Crippen LogP) is 5.95. The van der Waals surface area contributed by atoms with Crippen molar-refractivity contribution in [3.8, 4) is 0 Å². The molecule has 0 amide bonds. The molecule has 0 atom stereocenters. The molecule has 0 unspecified atom stereocenters. The molecule has 3 nitrogen and oxygen atoms in total. The Hall–Kier alpha value is -0.130. The molecule has 0 rings (SSSR count). The minimum atomic E-state index is -0.0403. The lowest BCUT2D eigenvalue weighted by molar-refractivity contribution is -0.143. The van der Waals surface area contributed by atoms with Crippen molar-refractivity contribution >= 4 is 27.6 Å². The van der Waals surface area contributed by atoms with Crippen molar-refractivity contribution in [1.29, 1.82) is 0 Å². The molecule has 0 aliphatic rings. The monoisotopic (exact) mass is 389 g/mol. The van der Waals surface area contributed by atoms with Crippen LogP contribution in [0.15, 0.2) is 12.2 Å². The number of hydrogen-bond acceptors (Lipinski definition) is 5. The lowest BCUT2D eigenvalue weighted by Crippen LogP contribution is -2.14. The predicted molar refractivity (Wildman–Crippen MR) is 115 cm³/mol. The molecule has 0 aromatic rings. The second kappa shape index (κ2) is 20.2. The molecule has 25 heavy (non-hydrogen) atoms. The molecule has 0 saturated carbocycles. The zero-order valence-corrected chi connectivity index (χ0v) is 18.3. The van der Waals surface area contributed by atoms with Crippen molar-refractivity contribution in [2.24, 2.45) is 0 Å². The molecule has 5 heteroatoms. The number of rotatable bonds is 18. The summed E-state index contributed by atoms with van der Waals surface area (Å²) in [5.41, 5.74) is 0. The highest BCUT2D eigenvalue weighted by atomic mass is 33.1. The first-order valence-electron chi connectivity index (χ1n) is 9.86. The van der Waals surface area contributed by atoms with E-state index in [2.05, 4.69) is 38.1 Å². The van der Waals surface area contributed by atoms with Crippen LogP contribution in [0.2, 0.25) is 0 Å². The van der Waals surface area contributed by atoms with Crippen LogP contribution in [0, 0.1) is 0 Å². The smallest absolute Gasteiger partial charge is 0.305 e. The third-order valence-electron chi connectivity index (χ3n) is 3.71. The zero-order valence-electron chi connectivity index (χ0n) is 16.6. The third-order valence-corrected chi connectivity index (χ3v) is 6.24. The van der Waals surface area contributed by atoms with Crippen LogP contribution in [0.3, 0.4) is 0 Å². The molecule has 0 bridgehead atoms. The van der Waals surface area contributed by atoms with Crippen LogP contribution in [-0.2, 0) is 9.53 Å². The molecule has 0 saturated heterocycles. The van der Waals surface area contributed by atoms with Gasteiger partial charge in [0.2, 0.25) is 0 Å². The summed E-state index contributed by atoms with van der Waals surface area (Å²) < 4.78 is 5.25. The highest BCUT2D eigenvalue weighted by Crippen LogP contribution is 2.23. The van der Waals surface area contributed by atoms with Crippen molar-refractivity contribution in [2.45, 2.75) is 71.1 Å². The van der Waals surface area contributed by atoms with Crippen LogP contribution in [-0.4, -0.2) is 49.6 Å².